The number of nitrogens with one attached hydrogen (secondary N) is 2. The molecule has 15 heavy (non-hydrogen) atoms. The molecule has 1 aromatic rings. The zero-order valence-corrected chi connectivity index (χ0v) is 10.2. The van der Waals surface area contributed by atoms with Gasteiger partial charge in [0.15, 0.2) is 0 Å². The maximum atomic E-state index is 6.13. The van der Waals surface area contributed by atoms with E-state index in [1.807, 2.05) is 12.1 Å². The highest BCUT2D eigenvalue weighted by Gasteiger charge is 2.26. The number of hydrogen-bond acceptors (Lipinski definition) is 2. The molecule has 0 saturated carbocycles. The minimum absolute atomic E-state index is 0.181. The third kappa shape index (κ3) is 2.40. The smallest absolute Gasteiger partial charge is 0.0640 e. The fourth-order valence-corrected chi connectivity index (χ4v) is 2.36. The van der Waals surface area contributed by atoms with Crippen molar-refractivity contribution in [1.82, 2.24) is 10.9 Å². The monoisotopic (exact) mass is 264 g/mol. The molecule has 5 heteroatoms. The zero-order valence-electron chi connectivity index (χ0n) is 7.93. The van der Waals surface area contributed by atoms with Crippen LogP contribution in [0.1, 0.15) is 18.0 Å². The summed E-state index contributed by atoms with van der Waals surface area (Å²) in [6.45, 7) is 0. The van der Waals surface area contributed by atoms with Crippen molar-refractivity contribution in [2.45, 2.75) is 18.5 Å². The second-order valence-electron chi connectivity index (χ2n) is 3.57. The first kappa shape index (κ1) is 11.5. The SMILES string of the molecule is ClCC1CC(c2cccc(Cl)c2Cl)NN1. The first-order valence-electron chi connectivity index (χ1n) is 4.73. The summed E-state index contributed by atoms with van der Waals surface area (Å²) in [5.74, 6) is 0.585. The normalized spacial score (nSPS) is 25.8. The lowest BCUT2D eigenvalue weighted by Gasteiger charge is -2.12. The van der Waals surface area contributed by atoms with Crippen LogP contribution in [0.4, 0.5) is 0 Å². The van der Waals surface area contributed by atoms with E-state index in [0.717, 1.165) is 12.0 Å². The van der Waals surface area contributed by atoms with Gasteiger partial charge in [-0.05, 0) is 18.1 Å². The van der Waals surface area contributed by atoms with Crippen molar-refractivity contribution in [1.29, 1.82) is 0 Å². The molecule has 0 amide bonds. The van der Waals surface area contributed by atoms with Gasteiger partial charge >= 0.3 is 0 Å². The molecule has 2 unspecified atom stereocenters. The quantitative estimate of drug-likeness (QED) is 0.803. The van der Waals surface area contributed by atoms with Crippen molar-refractivity contribution in [3.63, 3.8) is 0 Å². The van der Waals surface area contributed by atoms with Gasteiger partial charge in [0.1, 0.15) is 0 Å². The van der Waals surface area contributed by atoms with E-state index >= 15 is 0 Å². The Hall–Kier alpha value is 0.01000. The molecule has 0 spiro atoms. The van der Waals surface area contributed by atoms with E-state index in [-0.39, 0.29) is 12.1 Å². The topological polar surface area (TPSA) is 24.1 Å². The molecule has 0 bridgehead atoms. The van der Waals surface area contributed by atoms with Gasteiger partial charge in [-0.25, -0.2) is 5.43 Å². The fourth-order valence-electron chi connectivity index (χ4n) is 1.72. The van der Waals surface area contributed by atoms with Crippen molar-refractivity contribution in [3.05, 3.63) is 33.8 Å². The number of alkyl halides is 1. The predicted molar refractivity (Wildman–Crippen MR) is 64.6 cm³/mol. The van der Waals surface area contributed by atoms with Crippen molar-refractivity contribution >= 4 is 34.8 Å². The molecule has 1 saturated heterocycles. The maximum Gasteiger partial charge on any atom is 0.0640 e. The molecular formula is C10H11Cl3N2. The van der Waals surface area contributed by atoms with E-state index in [1.165, 1.54) is 0 Å². The molecule has 82 valence electrons. The van der Waals surface area contributed by atoms with Gasteiger partial charge < -0.3 is 0 Å². The van der Waals surface area contributed by atoms with Gasteiger partial charge in [-0.15, -0.1) is 11.6 Å². The molecule has 1 aliphatic heterocycles. The Balaban J connectivity index is 2.20. The highest BCUT2D eigenvalue weighted by molar-refractivity contribution is 6.42. The third-order valence-electron chi connectivity index (χ3n) is 2.53. The van der Waals surface area contributed by atoms with Crippen molar-refractivity contribution in [3.8, 4) is 0 Å². The lowest BCUT2D eigenvalue weighted by molar-refractivity contribution is 0.562. The fraction of sp³-hybridized carbons (Fsp3) is 0.400. The highest BCUT2D eigenvalue weighted by atomic mass is 35.5. The summed E-state index contributed by atoms with van der Waals surface area (Å²) in [5, 5.41) is 1.21. The molecule has 2 atom stereocenters. The number of benzene rings is 1. The zero-order chi connectivity index (χ0) is 10.8. The molecule has 2 nitrogen and oxygen atoms in total. The minimum atomic E-state index is 0.181. The van der Waals surface area contributed by atoms with Gasteiger partial charge in [0.25, 0.3) is 0 Å². The molecule has 0 aliphatic carbocycles. The summed E-state index contributed by atoms with van der Waals surface area (Å²) in [6.07, 6.45) is 0.920. The van der Waals surface area contributed by atoms with Crippen LogP contribution in [0.3, 0.4) is 0 Å². The molecule has 2 N–H and O–H groups in total. The molecule has 1 aromatic carbocycles. The van der Waals surface area contributed by atoms with Crippen LogP contribution >= 0.6 is 34.8 Å². The Morgan fingerprint density at radius 2 is 2.07 bits per heavy atom. The number of hydrazine groups is 1. The predicted octanol–water partition coefficient (Wildman–Crippen LogP) is 3.14. The van der Waals surface area contributed by atoms with Crippen molar-refractivity contribution < 1.29 is 0 Å². The number of rotatable bonds is 2. The van der Waals surface area contributed by atoms with Crippen LogP contribution in [-0.2, 0) is 0 Å². The van der Waals surface area contributed by atoms with E-state index in [9.17, 15) is 0 Å². The Morgan fingerprint density at radius 3 is 2.73 bits per heavy atom. The standard InChI is InChI=1S/C10H11Cl3N2/c11-5-6-4-9(15-14-6)7-2-1-3-8(12)10(7)13/h1-3,6,9,14-15H,4-5H2. The largest absolute Gasteiger partial charge is 0.253 e. The summed E-state index contributed by atoms with van der Waals surface area (Å²) in [6, 6.07) is 6.13. The molecule has 1 fully saturated rings. The van der Waals surface area contributed by atoms with Gasteiger partial charge in [0.2, 0.25) is 0 Å². The van der Waals surface area contributed by atoms with Crippen LogP contribution in [0.15, 0.2) is 18.2 Å². The average Bonchev–Trinajstić information content (AvgIpc) is 2.70. The molecule has 0 radical (unpaired) electrons. The second-order valence-corrected chi connectivity index (χ2v) is 4.67. The van der Waals surface area contributed by atoms with Crippen LogP contribution in [0.2, 0.25) is 10.0 Å². The lowest BCUT2D eigenvalue weighted by Crippen LogP contribution is -2.31. The van der Waals surface area contributed by atoms with Crippen molar-refractivity contribution in [2.24, 2.45) is 0 Å². The highest BCUT2D eigenvalue weighted by Crippen LogP contribution is 2.33. The van der Waals surface area contributed by atoms with Gasteiger partial charge in [-0.2, -0.15) is 0 Å². The van der Waals surface area contributed by atoms with Crippen LogP contribution in [0, 0.1) is 0 Å². The second kappa shape index (κ2) is 4.89. The first-order valence-corrected chi connectivity index (χ1v) is 6.02. The molecule has 0 aromatic heterocycles. The van der Waals surface area contributed by atoms with Gasteiger partial charge in [0, 0.05) is 18.0 Å². The summed E-state index contributed by atoms with van der Waals surface area (Å²) in [4.78, 5) is 0. The third-order valence-corrected chi connectivity index (χ3v) is 3.73. The van der Waals surface area contributed by atoms with Crippen LogP contribution < -0.4 is 10.9 Å². The maximum absolute atomic E-state index is 6.13. The Morgan fingerprint density at radius 1 is 1.27 bits per heavy atom. The van der Waals surface area contributed by atoms with E-state index < -0.39 is 0 Å². The Bertz CT molecular complexity index is 357. The van der Waals surface area contributed by atoms with E-state index in [1.54, 1.807) is 6.07 Å². The van der Waals surface area contributed by atoms with Crippen LogP contribution in [0.5, 0.6) is 0 Å². The Labute approximate surface area is 104 Å². The average molecular weight is 266 g/mol. The summed E-state index contributed by atoms with van der Waals surface area (Å²) < 4.78 is 0. The Kier molecular flexibility index (Phi) is 3.75. The lowest BCUT2D eigenvalue weighted by atomic mass is 10.0. The summed E-state index contributed by atoms with van der Waals surface area (Å²) in [7, 11) is 0. The molecule has 1 aliphatic rings. The minimum Gasteiger partial charge on any atom is -0.253 e. The molecule has 1 heterocycles. The first-order chi connectivity index (χ1) is 7.22. The number of hydrogen-bond donors (Lipinski definition) is 2. The molecular weight excluding hydrogens is 254 g/mol. The van der Waals surface area contributed by atoms with Crippen LogP contribution in [-0.4, -0.2) is 11.9 Å². The van der Waals surface area contributed by atoms with E-state index in [4.69, 9.17) is 34.8 Å². The number of halogens is 3. The van der Waals surface area contributed by atoms with E-state index in [2.05, 4.69) is 10.9 Å². The summed E-state index contributed by atoms with van der Waals surface area (Å²) in [5.41, 5.74) is 7.30. The van der Waals surface area contributed by atoms with Gasteiger partial charge in [0.05, 0.1) is 10.0 Å². The van der Waals surface area contributed by atoms with Crippen molar-refractivity contribution in [2.75, 3.05) is 5.88 Å². The molecule has 2 rings (SSSR count). The summed E-state index contributed by atoms with van der Waals surface area (Å²) >= 11 is 17.9. The van der Waals surface area contributed by atoms with Gasteiger partial charge in [-0.1, -0.05) is 35.3 Å². The van der Waals surface area contributed by atoms with Gasteiger partial charge in [-0.3, -0.25) is 5.43 Å². The van der Waals surface area contributed by atoms with Crippen LogP contribution in [0.25, 0.3) is 0 Å². The van der Waals surface area contributed by atoms with E-state index in [0.29, 0.717) is 15.9 Å².